The minimum Gasteiger partial charge on any atom is -0.380 e. The third-order valence-electron chi connectivity index (χ3n) is 3.48. The summed E-state index contributed by atoms with van der Waals surface area (Å²) in [4.78, 5) is 0. The molecule has 74 valence electrons. The summed E-state index contributed by atoms with van der Waals surface area (Å²) in [5, 5.41) is 0. The molecule has 0 N–H and O–H groups in total. The monoisotopic (exact) mass is 188 g/mol. The van der Waals surface area contributed by atoms with Crippen molar-refractivity contribution in [2.24, 2.45) is 5.92 Å². The lowest BCUT2D eigenvalue weighted by molar-refractivity contribution is 0.00840. The van der Waals surface area contributed by atoms with E-state index in [1.165, 1.54) is 18.4 Å². The number of ether oxygens (including phenoxy) is 1. The van der Waals surface area contributed by atoms with Crippen molar-refractivity contribution in [2.75, 3.05) is 13.2 Å². The highest BCUT2D eigenvalue weighted by Crippen LogP contribution is 2.31. The minimum absolute atomic E-state index is 0.677. The van der Waals surface area contributed by atoms with Crippen LogP contribution in [-0.4, -0.2) is 13.2 Å². The molecule has 2 aliphatic rings. The smallest absolute Gasteiger partial charge is 0.0557 e. The molecule has 1 aliphatic carbocycles. The van der Waals surface area contributed by atoms with Gasteiger partial charge in [-0.05, 0) is 35.4 Å². The van der Waals surface area contributed by atoms with Gasteiger partial charge in [0.2, 0.25) is 0 Å². The minimum atomic E-state index is 0.677. The van der Waals surface area contributed by atoms with Gasteiger partial charge in [0.05, 0.1) is 13.2 Å². The Morgan fingerprint density at radius 2 is 1.93 bits per heavy atom. The molecule has 1 heteroatoms. The Hall–Kier alpha value is -0.820. The quantitative estimate of drug-likeness (QED) is 0.658. The van der Waals surface area contributed by atoms with E-state index in [-0.39, 0.29) is 0 Å². The van der Waals surface area contributed by atoms with Crippen LogP contribution in [0.15, 0.2) is 18.2 Å². The van der Waals surface area contributed by atoms with Crippen LogP contribution in [-0.2, 0) is 17.6 Å². The van der Waals surface area contributed by atoms with E-state index in [1.807, 2.05) is 0 Å². The van der Waals surface area contributed by atoms with Crippen molar-refractivity contribution in [3.63, 3.8) is 0 Å². The average molecular weight is 188 g/mol. The summed E-state index contributed by atoms with van der Waals surface area (Å²) < 4.78 is 5.23. The van der Waals surface area contributed by atoms with Crippen molar-refractivity contribution in [1.82, 2.24) is 0 Å². The summed E-state index contributed by atoms with van der Waals surface area (Å²) in [6.45, 7) is 4.19. The molecule has 0 saturated carbocycles. The predicted molar refractivity (Wildman–Crippen MR) is 56.6 cm³/mol. The standard InChI is InChI=1S/C13H16O/c1-9-4-10-2-3-11(6-12(10)5-9)13-7-14-8-13/h2-3,6,9,13H,4-5,7-8H2,1H3. The van der Waals surface area contributed by atoms with E-state index >= 15 is 0 Å². The maximum absolute atomic E-state index is 5.23. The van der Waals surface area contributed by atoms with Gasteiger partial charge in [0.15, 0.2) is 0 Å². The van der Waals surface area contributed by atoms with Crippen LogP contribution in [0.1, 0.15) is 29.5 Å². The van der Waals surface area contributed by atoms with Gasteiger partial charge in [-0.15, -0.1) is 0 Å². The van der Waals surface area contributed by atoms with Crippen molar-refractivity contribution in [3.8, 4) is 0 Å². The van der Waals surface area contributed by atoms with Crippen LogP contribution in [0.3, 0.4) is 0 Å². The van der Waals surface area contributed by atoms with E-state index in [9.17, 15) is 0 Å². The number of rotatable bonds is 1. The van der Waals surface area contributed by atoms with Gasteiger partial charge >= 0.3 is 0 Å². The van der Waals surface area contributed by atoms with Crippen molar-refractivity contribution >= 4 is 0 Å². The SMILES string of the molecule is CC1Cc2ccc(C3COC3)cc2C1. The Balaban J connectivity index is 1.91. The summed E-state index contributed by atoms with van der Waals surface area (Å²) in [6, 6.07) is 7.03. The number of hydrogen-bond donors (Lipinski definition) is 0. The van der Waals surface area contributed by atoms with Crippen LogP contribution >= 0.6 is 0 Å². The second kappa shape index (κ2) is 3.09. The normalized spacial score (nSPS) is 25.9. The summed E-state index contributed by atoms with van der Waals surface area (Å²) in [7, 11) is 0. The van der Waals surface area contributed by atoms with Gasteiger partial charge in [-0.1, -0.05) is 25.1 Å². The molecule has 0 radical (unpaired) electrons. The zero-order valence-electron chi connectivity index (χ0n) is 8.62. The molecule has 1 unspecified atom stereocenters. The molecule has 3 rings (SSSR count). The molecule has 1 aromatic carbocycles. The molecule has 0 spiro atoms. The van der Waals surface area contributed by atoms with Gasteiger partial charge in [-0.2, -0.15) is 0 Å². The van der Waals surface area contributed by atoms with Crippen LogP contribution in [0.25, 0.3) is 0 Å². The first-order chi connectivity index (χ1) is 6.83. The van der Waals surface area contributed by atoms with Gasteiger partial charge in [0.1, 0.15) is 0 Å². The molecule has 0 amide bonds. The Morgan fingerprint density at radius 1 is 1.14 bits per heavy atom. The van der Waals surface area contributed by atoms with Gasteiger partial charge in [-0.25, -0.2) is 0 Å². The Bertz CT molecular complexity index is 352. The van der Waals surface area contributed by atoms with E-state index in [0.717, 1.165) is 19.1 Å². The molecule has 1 aliphatic heterocycles. The molecule has 1 saturated heterocycles. The van der Waals surface area contributed by atoms with Gasteiger partial charge in [0.25, 0.3) is 0 Å². The van der Waals surface area contributed by atoms with E-state index < -0.39 is 0 Å². The van der Waals surface area contributed by atoms with E-state index in [1.54, 1.807) is 11.1 Å². The Kier molecular flexibility index (Phi) is 1.88. The fourth-order valence-electron chi connectivity index (χ4n) is 2.54. The lowest BCUT2D eigenvalue weighted by atomic mass is 9.94. The summed E-state index contributed by atoms with van der Waals surface area (Å²) in [5.74, 6) is 1.52. The fourth-order valence-corrected chi connectivity index (χ4v) is 2.54. The van der Waals surface area contributed by atoms with Crippen LogP contribution in [0.4, 0.5) is 0 Å². The first kappa shape index (κ1) is 8.49. The third kappa shape index (κ3) is 1.27. The summed E-state index contributed by atoms with van der Waals surface area (Å²) >= 11 is 0. The van der Waals surface area contributed by atoms with E-state index in [2.05, 4.69) is 25.1 Å². The maximum atomic E-state index is 5.23. The van der Waals surface area contributed by atoms with Crippen LogP contribution in [0.2, 0.25) is 0 Å². The average Bonchev–Trinajstić information content (AvgIpc) is 2.40. The molecule has 14 heavy (non-hydrogen) atoms. The van der Waals surface area contributed by atoms with E-state index in [0.29, 0.717) is 5.92 Å². The molecule has 1 fully saturated rings. The molecule has 0 aromatic heterocycles. The zero-order chi connectivity index (χ0) is 9.54. The van der Waals surface area contributed by atoms with Crippen LogP contribution in [0.5, 0.6) is 0 Å². The van der Waals surface area contributed by atoms with Crippen molar-refractivity contribution in [1.29, 1.82) is 0 Å². The van der Waals surface area contributed by atoms with Gasteiger partial charge in [-0.3, -0.25) is 0 Å². The molecular weight excluding hydrogens is 172 g/mol. The second-order valence-electron chi connectivity index (χ2n) is 4.78. The fraction of sp³-hybridized carbons (Fsp3) is 0.538. The maximum Gasteiger partial charge on any atom is 0.0557 e. The largest absolute Gasteiger partial charge is 0.380 e. The van der Waals surface area contributed by atoms with E-state index in [4.69, 9.17) is 4.74 Å². The molecule has 1 heterocycles. The number of fused-ring (bicyclic) bond motifs is 1. The number of hydrogen-bond acceptors (Lipinski definition) is 1. The highest BCUT2D eigenvalue weighted by molar-refractivity contribution is 5.37. The Morgan fingerprint density at radius 3 is 2.64 bits per heavy atom. The molecule has 1 atom stereocenters. The van der Waals surface area contributed by atoms with Crippen molar-refractivity contribution in [2.45, 2.75) is 25.7 Å². The topological polar surface area (TPSA) is 9.23 Å². The molecule has 1 aromatic rings. The summed E-state index contributed by atoms with van der Waals surface area (Å²) in [5.41, 5.74) is 4.65. The van der Waals surface area contributed by atoms with Crippen molar-refractivity contribution < 1.29 is 4.74 Å². The first-order valence-corrected chi connectivity index (χ1v) is 5.52. The third-order valence-corrected chi connectivity index (χ3v) is 3.48. The lowest BCUT2D eigenvalue weighted by Crippen LogP contribution is -2.25. The van der Waals surface area contributed by atoms with Crippen LogP contribution < -0.4 is 0 Å². The Labute approximate surface area is 85.1 Å². The second-order valence-corrected chi connectivity index (χ2v) is 4.78. The highest BCUT2D eigenvalue weighted by atomic mass is 16.5. The lowest BCUT2D eigenvalue weighted by Gasteiger charge is -2.26. The molecular formula is C13H16O. The van der Waals surface area contributed by atoms with Gasteiger partial charge < -0.3 is 4.74 Å². The molecule has 0 bridgehead atoms. The zero-order valence-corrected chi connectivity index (χ0v) is 8.62. The van der Waals surface area contributed by atoms with Crippen molar-refractivity contribution in [3.05, 3.63) is 34.9 Å². The van der Waals surface area contributed by atoms with Crippen LogP contribution in [0, 0.1) is 5.92 Å². The van der Waals surface area contributed by atoms with Gasteiger partial charge in [0, 0.05) is 5.92 Å². The highest BCUT2D eigenvalue weighted by Gasteiger charge is 2.23. The first-order valence-electron chi connectivity index (χ1n) is 5.52. The molecule has 1 nitrogen and oxygen atoms in total. The number of benzene rings is 1. The summed E-state index contributed by atoms with van der Waals surface area (Å²) in [6.07, 6.45) is 2.55. The predicted octanol–water partition coefficient (Wildman–Crippen LogP) is 2.54.